The lowest BCUT2D eigenvalue weighted by atomic mass is 9.90. The molecule has 0 spiro atoms. The van der Waals surface area contributed by atoms with Gasteiger partial charge in [-0.05, 0) is 48.9 Å². The van der Waals surface area contributed by atoms with Crippen LogP contribution in [0.3, 0.4) is 0 Å². The van der Waals surface area contributed by atoms with Gasteiger partial charge < -0.3 is 5.32 Å². The second-order valence-electron chi connectivity index (χ2n) is 8.17. The largest absolute Gasteiger partial charge is 0.384 e. The molecule has 0 aliphatic heterocycles. The smallest absolute Gasteiger partial charge is 0.0738 e. The molecule has 0 bridgehead atoms. The Hall–Kier alpha value is -2.06. The minimum atomic E-state index is 0.356. The van der Waals surface area contributed by atoms with Crippen LogP contribution in [0.25, 0.3) is 22.0 Å². The fraction of sp³-hybridized carbons (Fsp3) is 0.348. The number of fused-ring (bicyclic) bond motifs is 1. The van der Waals surface area contributed by atoms with E-state index in [9.17, 15) is 0 Å². The van der Waals surface area contributed by atoms with Crippen LogP contribution in [0.5, 0.6) is 0 Å². The summed E-state index contributed by atoms with van der Waals surface area (Å²) in [5, 5.41) is 5.51. The van der Waals surface area contributed by atoms with Gasteiger partial charge in [0.1, 0.15) is 0 Å². The summed E-state index contributed by atoms with van der Waals surface area (Å²) >= 11 is 6.16. The van der Waals surface area contributed by atoms with E-state index >= 15 is 0 Å². The monoisotopic (exact) mass is 366 g/mol. The van der Waals surface area contributed by atoms with Crippen LogP contribution in [0.1, 0.15) is 39.2 Å². The molecule has 3 rings (SSSR count). The minimum Gasteiger partial charge on any atom is -0.384 e. The fourth-order valence-electron chi connectivity index (χ4n) is 3.14. The molecule has 136 valence electrons. The molecule has 0 saturated carbocycles. The summed E-state index contributed by atoms with van der Waals surface area (Å²) in [7, 11) is 0. The number of benzene rings is 2. The summed E-state index contributed by atoms with van der Waals surface area (Å²) in [6.07, 6.45) is 4.28. The average Bonchev–Trinajstić information content (AvgIpc) is 2.58. The first-order chi connectivity index (χ1) is 12.3. The molecule has 0 saturated heterocycles. The Morgan fingerprint density at radius 1 is 1.04 bits per heavy atom. The molecule has 0 unspecified atom stereocenters. The minimum absolute atomic E-state index is 0.356. The Balaban J connectivity index is 1.98. The van der Waals surface area contributed by atoms with Crippen molar-refractivity contribution in [2.45, 2.75) is 40.5 Å². The van der Waals surface area contributed by atoms with Crippen LogP contribution < -0.4 is 5.32 Å². The first-order valence-corrected chi connectivity index (χ1v) is 9.60. The molecule has 1 aromatic heterocycles. The van der Waals surface area contributed by atoms with Crippen molar-refractivity contribution in [3.8, 4) is 11.1 Å². The maximum Gasteiger partial charge on any atom is 0.0738 e. The summed E-state index contributed by atoms with van der Waals surface area (Å²) in [5.41, 5.74) is 5.99. The van der Waals surface area contributed by atoms with Crippen LogP contribution in [0, 0.1) is 12.3 Å². The summed E-state index contributed by atoms with van der Waals surface area (Å²) in [4.78, 5) is 4.64. The fourth-order valence-corrected chi connectivity index (χ4v) is 3.31. The number of rotatable bonds is 5. The Kier molecular flexibility index (Phi) is 5.52. The number of halogens is 1. The Morgan fingerprint density at radius 2 is 1.77 bits per heavy atom. The zero-order valence-corrected chi connectivity index (χ0v) is 16.8. The van der Waals surface area contributed by atoms with Crippen molar-refractivity contribution in [1.82, 2.24) is 4.98 Å². The zero-order chi connectivity index (χ0) is 18.7. The second-order valence-corrected chi connectivity index (χ2v) is 8.60. The standard InChI is InChI=1S/C23H27ClN2/c1-16-6-8-17(9-7-16)20-15-26-21-14-18(24)10-11-19(21)22(20)25-13-5-12-23(2,3)4/h6-11,14-15H,5,12-13H2,1-4H3,(H,25,26). The van der Waals surface area contributed by atoms with E-state index in [0.29, 0.717) is 10.4 Å². The summed E-state index contributed by atoms with van der Waals surface area (Å²) in [5.74, 6) is 0. The van der Waals surface area contributed by atoms with Gasteiger partial charge in [-0.2, -0.15) is 0 Å². The van der Waals surface area contributed by atoms with E-state index in [1.165, 1.54) is 17.5 Å². The molecule has 1 heterocycles. The lowest BCUT2D eigenvalue weighted by Gasteiger charge is -2.19. The lowest BCUT2D eigenvalue weighted by Crippen LogP contribution is -2.10. The van der Waals surface area contributed by atoms with Crippen LogP contribution in [-0.2, 0) is 0 Å². The molecule has 2 nitrogen and oxygen atoms in total. The molecule has 0 aliphatic carbocycles. The Bertz CT molecular complexity index is 892. The van der Waals surface area contributed by atoms with Gasteiger partial charge in [0.05, 0.1) is 11.2 Å². The topological polar surface area (TPSA) is 24.9 Å². The summed E-state index contributed by atoms with van der Waals surface area (Å²) in [6, 6.07) is 14.5. The van der Waals surface area contributed by atoms with Crippen molar-refractivity contribution in [3.05, 3.63) is 59.2 Å². The van der Waals surface area contributed by atoms with Gasteiger partial charge in [-0.15, -0.1) is 0 Å². The van der Waals surface area contributed by atoms with Gasteiger partial charge in [0, 0.05) is 28.7 Å². The number of aryl methyl sites for hydroxylation is 1. The maximum atomic E-state index is 6.16. The van der Waals surface area contributed by atoms with Crippen molar-refractivity contribution in [2.24, 2.45) is 5.41 Å². The van der Waals surface area contributed by atoms with Crippen LogP contribution in [0.2, 0.25) is 5.02 Å². The SMILES string of the molecule is Cc1ccc(-c2cnc3cc(Cl)ccc3c2NCCCC(C)(C)C)cc1. The quantitative estimate of drug-likeness (QED) is 0.487. The van der Waals surface area contributed by atoms with Gasteiger partial charge >= 0.3 is 0 Å². The van der Waals surface area contributed by atoms with Gasteiger partial charge in [-0.25, -0.2) is 0 Å². The molecule has 0 radical (unpaired) electrons. The van der Waals surface area contributed by atoms with Crippen molar-refractivity contribution >= 4 is 28.2 Å². The highest BCUT2D eigenvalue weighted by Gasteiger charge is 2.13. The number of anilines is 1. The van der Waals surface area contributed by atoms with Gasteiger partial charge in [-0.3, -0.25) is 4.98 Å². The molecule has 3 aromatic rings. The maximum absolute atomic E-state index is 6.16. The molecule has 0 amide bonds. The van der Waals surface area contributed by atoms with Crippen LogP contribution in [0.4, 0.5) is 5.69 Å². The normalized spacial score (nSPS) is 11.7. The molecular formula is C23H27ClN2. The molecule has 0 atom stereocenters. The van der Waals surface area contributed by atoms with E-state index in [-0.39, 0.29) is 0 Å². The van der Waals surface area contributed by atoms with Crippen molar-refractivity contribution < 1.29 is 0 Å². The highest BCUT2D eigenvalue weighted by molar-refractivity contribution is 6.31. The Morgan fingerprint density at radius 3 is 2.46 bits per heavy atom. The van der Waals surface area contributed by atoms with Crippen molar-refractivity contribution in [1.29, 1.82) is 0 Å². The third-order valence-corrected chi connectivity index (χ3v) is 4.83. The highest BCUT2D eigenvalue weighted by atomic mass is 35.5. The molecule has 0 aliphatic rings. The molecule has 3 heteroatoms. The molecule has 1 N–H and O–H groups in total. The van der Waals surface area contributed by atoms with E-state index in [1.807, 2.05) is 18.3 Å². The number of hydrogen-bond donors (Lipinski definition) is 1. The number of hydrogen-bond acceptors (Lipinski definition) is 2. The molecule has 0 fully saturated rings. The zero-order valence-electron chi connectivity index (χ0n) is 16.1. The Labute approximate surface area is 161 Å². The lowest BCUT2D eigenvalue weighted by molar-refractivity contribution is 0.370. The number of pyridine rings is 1. The third-order valence-electron chi connectivity index (χ3n) is 4.60. The predicted octanol–water partition coefficient (Wildman–Crippen LogP) is 7.10. The number of nitrogens with zero attached hydrogens (tertiary/aromatic N) is 1. The summed E-state index contributed by atoms with van der Waals surface area (Å²) in [6.45, 7) is 9.91. The van der Waals surface area contributed by atoms with E-state index in [4.69, 9.17) is 11.6 Å². The van der Waals surface area contributed by atoms with E-state index in [1.54, 1.807) is 0 Å². The van der Waals surface area contributed by atoms with Crippen molar-refractivity contribution in [2.75, 3.05) is 11.9 Å². The molecular weight excluding hydrogens is 340 g/mol. The average molecular weight is 367 g/mol. The third kappa shape index (κ3) is 4.56. The first kappa shape index (κ1) is 18.7. The van der Waals surface area contributed by atoms with E-state index < -0.39 is 0 Å². The van der Waals surface area contributed by atoms with E-state index in [2.05, 4.69) is 68.3 Å². The molecule has 26 heavy (non-hydrogen) atoms. The second kappa shape index (κ2) is 7.67. The van der Waals surface area contributed by atoms with Crippen molar-refractivity contribution in [3.63, 3.8) is 0 Å². The predicted molar refractivity (Wildman–Crippen MR) is 114 cm³/mol. The van der Waals surface area contributed by atoms with Gasteiger partial charge in [0.2, 0.25) is 0 Å². The number of nitrogens with one attached hydrogen (secondary N) is 1. The van der Waals surface area contributed by atoms with E-state index in [0.717, 1.165) is 35.1 Å². The van der Waals surface area contributed by atoms with Crippen LogP contribution in [-0.4, -0.2) is 11.5 Å². The molecule has 2 aromatic carbocycles. The van der Waals surface area contributed by atoms with Crippen LogP contribution in [0.15, 0.2) is 48.7 Å². The number of aromatic nitrogens is 1. The van der Waals surface area contributed by atoms with Gasteiger partial charge in [0.25, 0.3) is 0 Å². The van der Waals surface area contributed by atoms with Gasteiger partial charge in [-0.1, -0.05) is 62.2 Å². The first-order valence-electron chi connectivity index (χ1n) is 9.23. The van der Waals surface area contributed by atoms with Gasteiger partial charge in [0.15, 0.2) is 0 Å². The summed E-state index contributed by atoms with van der Waals surface area (Å²) < 4.78 is 0. The van der Waals surface area contributed by atoms with Crippen LogP contribution >= 0.6 is 11.6 Å². The highest BCUT2D eigenvalue weighted by Crippen LogP contribution is 2.35.